The Balaban J connectivity index is 1.78. The number of amides is 2. The van der Waals surface area contributed by atoms with Crippen molar-refractivity contribution in [3.63, 3.8) is 0 Å². The third-order valence-electron chi connectivity index (χ3n) is 4.93. The molecule has 3 aromatic rings. The average molecular weight is 480 g/mol. The molecule has 0 aliphatic rings. The second kappa shape index (κ2) is 9.69. The first-order valence-corrected chi connectivity index (χ1v) is 12.3. The number of aryl methyl sites for hydroxylation is 2. The fraction of sp³-hybridized carbons (Fsp3) is 0.231. The maximum Gasteiger partial charge on any atom is 0.261 e. The molecule has 0 radical (unpaired) electrons. The van der Waals surface area contributed by atoms with Crippen molar-refractivity contribution in [2.24, 2.45) is 0 Å². The molecule has 2 amide bonds. The Morgan fingerprint density at radius 3 is 2.09 bits per heavy atom. The highest BCUT2D eigenvalue weighted by molar-refractivity contribution is 7.92. The maximum absolute atomic E-state index is 12.9. The highest BCUT2D eigenvalue weighted by Gasteiger charge is 2.19. The molecule has 7 nitrogen and oxygen atoms in total. The minimum Gasteiger partial charge on any atom is -0.347 e. The van der Waals surface area contributed by atoms with Crippen LogP contribution in [0.5, 0.6) is 0 Å². The van der Waals surface area contributed by atoms with Crippen LogP contribution in [0, 0.1) is 13.8 Å². The molecule has 3 N–H and O–H groups in total. The third kappa shape index (κ3) is 6.45. The first-order chi connectivity index (χ1) is 15.8. The van der Waals surface area contributed by atoms with Crippen molar-refractivity contribution in [2.75, 3.05) is 10.0 Å². The first-order valence-electron chi connectivity index (χ1n) is 10.8. The Hall–Kier alpha value is -3.65. The SMILES string of the molecule is Cc1cccc(NS(=O)(=O)c2ccc(C)c(C(=O)Nc3ccc(C(=O)NC(C)(C)C)cc3)c2)c1. The number of hydrogen-bond donors (Lipinski definition) is 3. The van der Waals surface area contributed by atoms with Gasteiger partial charge in [0.15, 0.2) is 0 Å². The van der Waals surface area contributed by atoms with Gasteiger partial charge in [-0.1, -0.05) is 18.2 Å². The van der Waals surface area contributed by atoms with Crippen LogP contribution < -0.4 is 15.4 Å². The van der Waals surface area contributed by atoms with Crippen molar-refractivity contribution < 1.29 is 18.0 Å². The van der Waals surface area contributed by atoms with Crippen LogP contribution in [0.4, 0.5) is 11.4 Å². The number of anilines is 2. The van der Waals surface area contributed by atoms with Gasteiger partial charge in [0.05, 0.1) is 4.90 Å². The fourth-order valence-corrected chi connectivity index (χ4v) is 4.33. The van der Waals surface area contributed by atoms with Gasteiger partial charge in [-0.15, -0.1) is 0 Å². The number of benzene rings is 3. The lowest BCUT2D eigenvalue weighted by atomic mass is 10.1. The summed E-state index contributed by atoms with van der Waals surface area (Å²) in [4.78, 5) is 25.2. The normalized spacial score (nSPS) is 11.6. The molecule has 8 heteroatoms. The molecule has 0 unspecified atom stereocenters. The Morgan fingerprint density at radius 2 is 1.47 bits per heavy atom. The summed E-state index contributed by atoms with van der Waals surface area (Å²) < 4.78 is 28.3. The molecule has 3 rings (SSSR count). The van der Waals surface area contributed by atoms with Crippen LogP contribution in [0.1, 0.15) is 52.6 Å². The van der Waals surface area contributed by atoms with Crippen LogP contribution in [0.15, 0.2) is 71.6 Å². The molecule has 0 spiro atoms. The zero-order chi connectivity index (χ0) is 25.1. The Bertz CT molecular complexity index is 1320. The predicted octanol–water partition coefficient (Wildman–Crippen LogP) is 4.88. The van der Waals surface area contributed by atoms with Crippen LogP contribution >= 0.6 is 0 Å². The monoisotopic (exact) mass is 479 g/mol. The molecule has 34 heavy (non-hydrogen) atoms. The fourth-order valence-electron chi connectivity index (χ4n) is 3.25. The van der Waals surface area contributed by atoms with Gasteiger partial charge in [-0.05, 0) is 94.3 Å². The summed E-state index contributed by atoms with van der Waals surface area (Å²) in [6.07, 6.45) is 0. The third-order valence-corrected chi connectivity index (χ3v) is 6.31. The van der Waals surface area contributed by atoms with E-state index in [1.807, 2.05) is 33.8 Å². The van der Waals surface area contributed by atoms with Crippen LogP contribution in [0.3, 0.4) is 0 Å². The number of hydrogen-bond acceptors (Lipinski definition) is 4. The smallest absolute Gasteiger partial charge is 0.261 e. The number of carbonyl (C=O) groups excluding carboxylic acids is 2. The predicted molar refractivity (Wildman–Crippen MR) is 135 cm³/mol. The van der Waals surface area contributed by atoms with Crippen molar-refractivity contribution in [3.05, 3.63) is 89.0 Å². The second-order valence-electron chi connectivity index (χ2n) is 9.19. The molecule has 0 heterocycles. The Morgan fingerprint density at radius 1 is 0.794 bits per heavy atom. The molecule has 0 aliphatic carbocycles. The van der Waals surface area contributed by atoms with Gasteiger partial charge in [0.1, 0.15) is 0 Å². The number of carbonyl (C=O) groups is 2. The molecule has 3 aromatic carbocycles. The van der Waals surface area contributed by atoms with E-state index in [1.165, 1.54) is 12.1 Å². The molecular formula is C26H29N3O4S. The molecule has 0 saturated heterocycles. The van der Waals surface area contributed by atoms with Gasteiger partial charge < -0.3 is 10.6 Å². The second-order valence-corrected chi connectivity index (χ2v) is 10.9. The van der Waals surface area contributed by atoms with Gasteiger partial charge in [-0.25, -0.2) is 8.42 Å². The highest BCUT2D eigenvalue weighted by Crippen LogP contribution is 2.21. The molecular weight excluding hydrogens is 450 g/mol. The number of rotatable bonds is 6. The zero-order valence-electron chi connectivity index (χ0n) is 19.9. The molecule has 0 saturated carbocycles. The summed E-state index contributed by atoms with van der Waals surface area (Å²) in [7, 11) is -3.88. The van der Waals surface area contributed by atoms with Crippen molar-refractivity contribution in [1.29, 1.82) is 0 Å². The van der Waals surface area contributed by atoms with E-state index in [0.29, 0.717) is 22.5 Å². The van der Waals surface area contributed by atoms with E-state index in [9.17, 15) is 18.0 Å². The quantitative estimate of drug-likeness (QED) is 0.468. The van der Waals surface area contributed by atoms with Gasteiger partial charge in [-0.3, -0.25) is 14.3 Å². The van der Waals surface area contributed by atoms with Gasteiger partial charge in [0.25, 0.3) is 21.8 Å². The summed E-state index contributed by atoms with van der Waals surface area (Å²) in [6.45, 7) is 9.29. The Kier molecular flexibility index (Phi) is 7.12. The molecule has 178 valence electrons. The standard InChI is InChI=1S/C26H29N3O4S/c1-17-7-6-8-21(15-17)29-34(32,33)22-14-9-18(2)23(16-22)25(31)27-20-12-10-19(11-13-20)24(30)28-26(3,4)5/h6-16,29H,1-5H3,(H,27,31)(H,28,30). The summed E-state index contributed by atoms with van der Waals surface area (Å²) in [6, 6.07) is 17.9. The minimum absolute atomic E-state index is 0.0149. The molecule has 0 fully saturated rings. The van der Waals surface area contributed by atoms with Crippen molar-refractivity contribution in [2.45, 2.75) is 45.1 Å². The first kappa shape index (κ1) is 25.0. The van der Waals surface area contributed by atoms with Crippen LogP contribution in [-0.4, -0.2) is 25.8 Å². The van der Waals surface area contributed by atoms with Crippen molar-refractivity contribution in [1.82, 2.24) is 5.32 Å². The maximum atomic E-state index is 12.9. The van der Waals surface area contributed by atoms with Gasteiger partial charge in [0, 0.05) is 28.0 Å². The van der Waals surface area contributed by atoms with E-state index in [2.05, 4.69) is 15.4 Å². The molecule has 0 atom stereocenters. The minimum atomic E-state index is -3.88. The van der Waals surface area contributed by atoms with Crippen molar-refractivity contribution in [3.8, 4) is 0 Å². The largest absolute Gasteiger partial charge is 0.347 e. The summed E-state index contributed by atoms with van der Waals surface area (Å²) >= 11 is 0. The van der Waals surface area contributed by atoms with Gasteiger partial charge in [0.2, 0.25) is 0 Å². The summed E-state index contributed by atoms with van der Waals surface area (Å²) in [5.74, 6) is -0.655. The van der Waals surface area contributed by atoms with Crippen molar-refractivity contribution >= 4 is 33.2 Å². The summed E-state index contributed by atoms with van der Waals surface area (Å²) in [5.41, 5.74) is 2.84. The molecule has 0 aliphatic heterocycles. The number of sulfonamides is 1. The Labute approximate surface area is 200 Å². The topological polar surface area (TPSA) is 104 Å². The van der Waals surface area contributed by atoms with E-state index in [-0.39, 0.29) is 21.9 Å². The number of nitrogens with one attached hydrogen (secondary N) is 3. The van der Waals surface area contributed by atoms with E-state index >= 15 is 0 Å². The van der Waals surface area contributed by atoms with E-state index in [0.717, 1.165) is 5.56 Å². The lowest BCUT2D eigenvalue weighted by molar-refractivity contribution is 0.0919. The molecule has 0 bridgehead atoms. The van der Waals surface area contributed by atoms with Gasteiger partial charge >= 0.3 is 0 Å². The lowest BCUT2D eigenvalue weighted by Gasteiger charge is -2.20. The zero-order valence-corrected chi connectivity index (χ0v) is 20.7. The van der Waals surface area contributed by atoms with E-state index in [4.69, 9.17) is 0 Å². The van der Waals surface area contributed by atoms with Crippen LogP contribution in [0.25, 0.3) is 0 Å². The van der Waals surface area contributed by atoms with Crippen LogP contribution in [0.2, 0.25) is 0 Å². The van der Waals surface area contributed by atoms with E-state index < -0.39 is 15.9 Å². The highest BCUT2D eigenvalue weighted by atomic mass is 32.2. The molecule has 0 aromatic heterocycles. The van der Waals surface area contributed by atoms with Crippen LogP contribution in [-0.2, 0) is 10.0 Å². The summed E-state index contributed by atoms with van der Waals surface area (Å²) in [5, 5.41) is 5.64. The van der Waals surface area contributed by atoms with E-state index in [1.54, 1.807) is 55.5 Å². The van der Waals surface area contributed by atoms with Gasteiger partial charge in [-0.2, -0.15) is 0 Å². The average Bonchev–Trinajstić information content (AvgIpc) is 2.72. The lowest BCUT2D eigenvalue weighted by Crippen LogP contribution is -2.40.